The predicted octanol–water partition coefficient (Wildman–Crippen LogP) is 2.90. The number of para-hydroxylation sites is 2. The van der Waals surface area contributed by atoms with Crippen LogP contribution in [0.2, 0.25) is 0 Å². The van der Waals surface area contributed by atoms with Gasteiger partial charge in [0.15, 0.2) is 0 Å². The van der Waals surface area contributed by atoms with E-state index >= 15 is 0 Å². The first kappa shape index (κ1) is 23.6. The summed E-state index contributed by atoms with van der Waals surface area (Å²) in [6.45, 7) is 4.87. The number of aliphatic hydroxyl groups is 1. The molecule has 1 N–H and O–H groups in total. The summed E-state index contributed by atoms with van der Waals surface area (Å²) in [5, 5.41) is 9.10. The molecular weight excluding hydrogens is 409 g/mol. The second-order valence-corrected chi connectivity index (χ2v) is 7.33. The maximum atomic E-state index is 13.4. The largest absolute Gasteiger partial charge is 0.395 e. The van der Waals surface area contributed by atoms with Gasteiger partial charge >= 0.3 is 0 Å². The van der Waals surface area contributed by atoms with Crippen LogP contribution in [0, 0.1) is 0 Å². The molecule has 2 aliphatic heterocycles. The highest BCUT2D eigenvalue weighted by Gasteiger charge is 2.27. The molecule has 2 aliphatic rings. The van der Waals surface area contributed by atoms with Crippen molar-refractivity contribution in [3.8, 4) is 0 Å². The summed E-state index contributed by atoms with van der Waals surface area (Å²) in [6, 6.07) is 16.5. The van der Waals surface area contributed by atoms with Gasteiger partial charge in [-0.05, 0) is 36.1 Å². The molecule has 0 radical (unpaired) electrons. The minimum Gasteiger partial charge on any atom is -0.395 e. The molecule has 0 aliphatic carbocycles. The molecule has 5 nitrogen and oxygen atoms in total. The molecule has 1 amide bonds. The zero-order chi connectivity index (χ0) is 18.6. The highest BCUT2D eigenvalue weighted by molar-refractivity contribution is 6.03. The van der Waals surface area contributed by atoms with E-state index < -0.39 is 0 Å². The Morgan fingerprint density at radius 2 is 1.28 bits per heavy atom. The van der Waals surface area contributed by atoms with Gasteiger partial charge < -0.3 is 5.11 Å². The van der Waals surface area contributed by atoms with Crippen molar-refractivity contribution in [3.05, 3.63) is 59.7 Å². The van der Waals surface area contributed by atoms with Crippen molar-refractivity contribution in [1.29, 1.82) is 0 Å². The number of aliphatic hydroxyl groups excluding tert-OH is 1. The zero-order valence-electron chi connectivity index (χ0n) is 16.5. The average molecular weight is 438 g/mol. The maximum Gasteiger partial charge on any atom is 0.245 e. The molecule has 7 heteroatoms. The van der Waals surface area contributed by atoms with Crippen molar-refractivity contribution in [2.24, 2.45) is 0 Å². The summed E-state index contributed by atoms with van der Waals surface area (Å²) in [5.74, 6) is 0.132. The third kappa shape index (κ3) is 5.30. The number of anilines is 2. The topological polar surface area (TPSA) is 47.0 Å². The Morgan fingerprint density at radius 3 is 1.79 bits per heavy atom. The molecule has 2 aromatic carbocycles. The second kappa shape index (κ2) is 11.0. The molecule has 29 heavy (non-hydrogen) atoms. The van der Waals surface area contributed by atoms with Crippen molar-refractivity contribution in [2.45, 2.75) is 12.8 Å². The van der Waals surface area contributed by atoms with Crippen LogP contribution in [0.4, 0.5) is 11.4 Å². The first-order chi connectivity index (χ1) is 13.3. The number of β-amino-alcohol motifs (C(OH)–C–C–N with tert-alkyl or cyclic N) is 1. The molecule has 0 bridgehead atoms. The smallest absolute Gasteiger partial charge is 0.245 e. The van der Waals surface area contributed by atoms with E-state index in [1.807, 2.05) is 17.0 Å². The standard InChI is InChI=1S/C22H27N3O2.2ClH/c26-16-15-23-11-13-24(14-12-23)17-22(27)25-20-7-3-1-5-18(20)9-10-19-6-2-4-8-21(19)25;;/h1-8,26H,9-17H2;2*1H. The highest BCUT2D eigenvalue weighted by Crippen LogP contribution is 2.36. The maximum absolute atomic E-state index is 13.4. The normalized spacial score (nSPS) is 16.7. The summed E-state index contributed by atoms with van der Waals surface area (Å²) in [5.41, 5.74) is 4.50. The van der Waals surface area contributed by atoms with E-state index in [4.69, 9.17) is 5.11 Å². The van der Waals surface area contributed by atoms with Gasteiger partial charge in [-0.15, -0.1) is 24.8 Å². The number of carbonyl (C=O) groups is 1. The number of aryl methyl sites for hydroxylation is 2. The van der Waals surface area contributed by atoms with Gasteiger partial charge in [-0.2, -0.15) is 0 Å². The fraction of sp³-hybridized carbons (Fsp3) is 0.409. The molecule has 2 aromatic rings. The van der Waals surface area contributed by atoms with Crippen LogP contribution in [0.1, 0.15) is 11.1 Å². The molecule has 0 unspecified atom stereocenters. The number of benzene rings is 2. The van der Waals surface area contributed by atoms with E-state index in [0.717, 1.165) is 50.4 Å². The van der Waals surface area contributed by atoms with Crippen LogP contribution in [0.25, 0.3) is 0 Å². The number of halogens is 2. The van der Waals surface area contributed by atoms with Crippen LogP contribution in [-0.2, 0) is 17.6 Å². The highest BCUT2D eigenvalue weighted by atomic mass is 35.5. The Morgan fingerprint density at radius 1 is 0.793 bits per heavy atom. The van der Waals surface area contributed by atoms with Gasteiger partial charge in [-0.3, -0.25) is 19.5 Å². The van der Waals surface area contributed by atoms with E-state index in [0.29, 0.717) is 13.1 Å². The summed E-state index contributed by atoms with van der Waals surface area (Å²) in [4.78, 5) is 19.8. The first-order valence-corrected chi connectivity index (χ1v) is 9.80. The van der Waals surface area contributed by atoms with Gasteiger partial charge in [0.05, 0.1) is 24.5 Å². The molecule has 158 valence electrons. The molecule has 0 aromatic heterocycles. The lowest BCUT2D eigenvalue weighted by atomic mass is 10.0. The Balaban J connectivity index is 0.00000150. The van der Waals surface area contributed by atoms with Crippen LogP contribution in [0.3, 0.4) is 0 Å². The third-order valence-electron chi connectivity index (χ3n) is 5.62. The fourth-order valence-corrected chi connectivity index (χ4v) is 4.12. The molecule has 0 atom stereocenters. The minimum absolute atomic E-state index is 0. The number of piperazine rings is 1. The van der Waals surface area contributed by atoms with Crippen molar-refractivity contribution < 1.29 is 9.90 Å². The number of nitrogens with zero attached hydrogens (tertiary/aromatic N) is 3. The Bertz CT molecular complexity index is 763. The summed E-state index contributed by atoms with van der Waals surface area (Å²) in [7, 11) is 0. The molecule has 0 saturated carbocycles. The lowest BCUT2D eigenvalue weighted by molar-refractivity contribution is -0.119. The number of hydrogen-bond acceptors (Lipinski definition) is 4. The number of carbonyl (C=O) groups excluding carboxylic acids is 1. The van der Waals surface area contributed by atoms with Gasteiger partial charge in [0.2, 0.25) is 5.91 Å². The number of amides is 1. The van der Waals surface area contributed by atoms with Gasteiger partial charge in [-0.1, -0.05) is 36.4 Å². The van der Waals surface area contributed by atoms with Crippen molar-refractivity contribution in [3.63, 3.8) is 0 Å². The Kier molecular flexibility index (Phi) is 8.93. The first-order valence-electron chi connectivity index (χ1n) is 9.80. The van der Waals surface area contributed by atoms with E-state index in [2.05, 4.69) is 46.2 Å². The number of hydrogen-bond donors (Lipinski definition) is 1. The molecule has 0 spiro atoms. The average Bonchev–Trinajstić information content (AvgIpc) is 2.86. The Labute approximate surface area is 185 Å². The van der Waals surface area contributed by atoms with Crippen LogP contribution in [0.15, 0.2) is 48.5 Å². The lowest BCUT2D eigenvalue weighted by Crippen LogP contribution is -2.50. The SMILES string of the molecule is Cl.Cl.O=C(CN1CCN(CCO)CC1)N1c2ccccc2CCc2ccccc21. The molecule has 4 rings (SSSR count). The van der Waals surface area contributed by atoms with Gasteiger partial charge in [0, 0.05) is 32.7 Å². The van der Waals surface area contributed by atoms with Crippen LogP contribution in [-0.4, -0.2) is 66.7 Å². The van der Waals surface area contributed by atoms with Gasteiger partial charge in [0.25, 0.3) is 0 Å². The van der Waals surface area contributed by atoms with E-state index in [1.54, 1.807) is 0 Å². The zero-order valence-corrected chi connectivity index (χ0v) is 18.1. The van der Waals surface area contributed by atoms with E-state index in [9.17, 15) is 4.79 Å². The van der Waals surface area contributed by atoms with Gasteiger partial charge in [-0.25, -0.2) is 0 Å². The minimum atomic E-state index is 0. The summed E-state index contributed by atoms with van der Waals surface area (Å²) >= 11 is 0. The second-order valence-electron chi connectivity index (χ2n) is 7.33. The van der Waals surface area contributed by atoms with Crippen LogP contribution in [0.5, 0.6) is 0 Å². The van der Waals surface area contributed by atoms with Crippen molar-refractivity contribution in [2.75, 3.05) is 50.8 Å². The van der Waals surface area contributed by atoms with Crippen molar-refractivity contribution in [1.82, 2.24) is 9.80 Å². The van der Waals surface area contributed by atoms with E-state index in [1.165, 1.54) is 11.1 Å². The molecule has 2 heterocycles. The fourth-order valence-electron chi connectivity index (χ4n) is 4.12. The van der Waals surface area contributed by atoms with Crippen LogP contribution >= 0.6 is 24.8 Å². The third-order valence-corrected chi connectivity index (χ3v) is 5.62. The summed E-state index contributed by atoms with van der Waals surface area (Å²) < 4.78 is 0. The predicted molar refractivity (Wildman–Crippen MR) is 122 cm³/mol. The Hall–Kier alpha value is -1.63. The van der Waals surface area contributed by atoms with Gasteiger partial charge in [0.1, 0.15) is 0 Å². The van der Waals surface area contributed by atoms with Crippen molar-refractivity contribution >= 4 is 42.1 Å². The number of rotatable bonds is 4. The quantitative estimate of drug-likeness (QED) is 0.798. The monoisotopic (exact) mass is 437 g/mol. The lowest BCUT2D eigenvalue weighted by Gasteiger charge is -2.35. The summed E-state index contributed by atoms with van der Waals surface area (Å²) in [6.07, 6.45) is 1.91. The van der Waals surface area contributed by atoms with Crippen LogP contribution < -0.4 is 4.90 Å². The molecule has 1 fully saturated rings. The molecule has 1 saturated heterocycles. The van der Waals surface area contributed by atoms with E-state index in [-0.39, 0.29) is 37.3 Å². The molecular formula is C22H29Cl2N3O2. The number of fused-ring (bicyclic) bond motifs is 2.